The second-order valence-corrected chi connectivity index (χ2v) is 3.75. The summed E-state index contributed by atoms with van der Waals surface area (Å²) in [6.45, 7) is 1.88. The summed E-state index contributed by atoms with van der Waals surface area (Å²) in [7, 11) is 0. The molecule has 0 unspecified atom stereocenters. The van der Waals surface area contributed by atoms with Crippen LogP contribution in [0.4, 0.5) is 0 Å². The van der Waals surface area contributed by atoms with E-state index in [-0.39, 0.29) is 0 Å². The third-order valence-electron chi connectivity index (χ3n) is 2.77. The maximum absolute atomic E-state index is 9.13. The lowest BCUT2D eigenvalue weighted by Gasteiger charge is -2.09. The van der Waals surface area contributed by atoms with Crippen LogP contribution in [0.15, 0.2) is 42.5 Å². The SMILES string of the molecule is Cc1c(C#N)ccc(C#N)c1-c1ccccc1. The molecule has 0 saturated carbocycles. The zero-order valence-electron chi connectivity index (χ0n) is 9.44. The van der Waals surface area contributed by atoms with Crippen molar-refractivity contribution < 1.29 is 0 Å². The molecule has 2 rings (SSSR count). The van der Waals surface area contributed by atoms with E-state index >= 15 is 0 Å². The molecule has 0 aliphatic heterocycles. The molecule has 0 heterocycles. The molecule has 80 valence electrons. The Hall–Kier alpha value is -2.58. The Balaban J connectivity index is 2.77. The van der Waals surface area contributed by atoms with Gasteiger partial charge in [0.2, 0.25) is 0 Å². The van der Waals surface area contributed by atoms with Gasteiger partial charge in [0.25, 0.3) is 0 Å². The summed E-state index contributed by atoms with van der Waals surface area (Å²) < 4.78 is 0. The molecule has 0 bridgehead atoms. The first-order valence-electron chi connectivity index (χ1n) is 5.27. The number of nitrogens with zero attached hydrogens (tertiary/aromatic N) is 2. The maximum atomic E-state index is 9.13. The molecule has 0 atom stereocenters. The lowest BCUT2D eigenvalue weighted by Crippen LogP contribution is -1.92. The molecular weight excluding hydrogens is 208 g/mol. The Labute approximate surface area is 100 Å². The highest BCUT2D eigenvalue weighted by atomic mass is 14.3. The fraction of sp³-hybridized carbons (Fsp3) is 0.0667. The lowest BCUT2D eigenvalue weighted by atomic mass is 9.92. The number of benzene rings is 2. The molecule has 0 aromatic heterocycles. The molecule has 0 N–H and O–H groups in total. The highest BCUT2D eigenvalue weighted by Gasteiger charge is 2.11. The van der Waals surface area contributed by atoms with E-state index in [1.807, 2.05) is 37.3 Å². The summed E-state index contributed by atoms with van der Waals surface area (Å²) in [5.74, 6) is 0. The molecule has 0 aliphatic rings. The monoisotopic (exact) mass is 218 g/mol. The molecule has 0 radical (unpaired) electrons. The van der Waals surface area contributed by atoms with Crippen LogP contribution in [0, 0.1) is 29.6 Å². The number of hydrogen-bond acceptors (Lipinski definition) is 2. The second-order valence-electron chi connectivity index (χ2n) is 3.75. The zero-order chi connectivity index (χ0) is 12.3. The molecule has 2 heteroatoms. The molecule has 0 amide bonds. The highest BCUT2D eigenvalue weighted by Crippen LogP contribution is 2.28. The van der Waals surface area contributed by atoms with E-state index in [0.29, 0.717) is 11.1 Å². The van der Waals surface area contributed by atoms with Crippen molar-refractivity contribution in [1.29, 1.82) is 10.5 Å². The van der Waals surface area contributed by atoms with Crippen molar-refractivity contribution in [2.75, 3.05) is 0 Å². The van der Waals surface area contributed by atoms with E-state index in [4.69, 9.17) is 10.5 Å². The van der Waals surface area contributed by atoms with E-state index < -0.39 is 0 Å². The van der Waals surface area contributed by atoms with Gasteiger partial charge in [-0.2, -0.15) is 10.5 Å². The van der Waals surface area contributed by atoms with Gasteiger partial charge in [0, 0.05) is 5.56 Å². The molecule has 2 aromatic carbocycles. The zero-order valence-corrected chi connectivity index (χ0v) is 9.44. The van der Waals surface area contributed by atoms with Gasteiger partial charge >= 0.3 is 0 Å². The lowest BCUT2D eigenvalue weighted by molar-refractivity contribution is 1.37. The number of rotatable bonds is 1. The minimum Gasteiger partial charge on any atom is -0.192 e. The standard InChI is InChI=1S/C15H10N2/c1-11-13(9-16)7-8-14(10-17)15(11)12-5-3-2-4-6-12/h2-8H,1H3. The van der Waals surface area contributed by atoms with E-state index in [9.17, 15) is 0 Å². The van der Waals surface area contributed by atoms with Crippen LogP contribution in [0.2, 0.25) is 0 Å². The molecule has 2 nitrogen and oxygen atoms in total. The van der Waals surface area contributed by atoms with Gasteiger partial charge in [-0.05, 0) is 30.2 Å². The molecule has 0 saturated heterocycles. The first-order chi connectivity index (χ1) is 8.27. The smallest absolute Gasteiger partial charge is 0.0998 e. The van der Waals surface area contributed by atoms with Crippen molar-refractivity contribution in [1.82, 2.24) is 0 Å². The molecule has 0 aliphatic carbocycles. The molecule has 2 aromatic rings. The van der Waals surface area contributed by atoms with Gasteiger partial charge in [-0.1, -0.05) is 30.3 Å². The number of hydrogen-bond donors (Lipinski definition) is 0. The molecular formula is C15H10N2. The summed E-state index contributed by atoms with van der Waals surface area (Å²) in [5.41, 5.74) is 3.90. The van der Waals surface area contributed by atoms with Crippen LogP contribution in [-0.4, -0.2) is 0 Å². The van der Waals surface area contributed by atoms with Crippen molar-refractivity contribution in [3.63, 3.8) is 0 Å². The van der Waals surface area contributed by atoms with Crippen LogP contribution in [0.3, 0.4) is 0 Å². The largest absolute Gasteiger partial charge is 0.192 e. The molecule has 0 fully saturated rings. The Kier molecular flexibility index (Phi) is 2.90. The quantitative estimate of drug-likeness (QED) is 0.736. The summed E-state index contributed by atoms with van der Waals surface area (Å²) in [4.78, 5) is 0. The van der Waals surface area contributed by atoms with Gasteiger partial charge in [-0.25, -0.2) is 0 Å². The average molecular weight is 218 g/mol. The fourth-order valence-corrected chi connectivity index (χ4v) is 1.90. The Bertz CT molecular complexity index is 628. The third kappa shape index (κ3) is 1.89. The predicted octanol–water partition coefficient (Wildman–Crippen LogP) is 3.41. The van der Waals surface area contributed by atoms with Crippen LogP contribution >= 0.6 is 0 Å². The minimum atomic E-state index is 0.604. The van der Waals surface area contributed by atoms with Crippen LogP contribution in [0.1, 0.15) is 16.7 Å². The van der Waals surface area contributed by atoms with Crippen LogP contribution in [-0.2, 0) is 0 Å². The van der Waals surface area contributed by atoms with Crippen molar-refractivity contribution >= 4 is 0 Å². The van der Waals surface area contributed by atoms with Gasteiger partial charge in [0.15, 0.2) is 0 Å². The first-order valence-corrected chi connectivity index (χ1v) is 5.27. The minimum absolute atomic E-state index is 0.604. The van der Waals surface area contributed by atoms with E-state index in [2.05, 4.69) is 12.1 Å². The van der Waals surface area contributed by atoms with Gasteiger partial charge in [-0.15, -0.1) is 0 Å². The summed E-state index contributed by atoms with van der Waals surface area (Å²) >= 11 is 0. The van der Waals surface area contributed by atoms with Crippen molar-refractivity contribution in [3.05, 3.63) is 59.2 Å². The molecule has 0 spiro atoms. The van der Waals surface area contributed by atoms with Gasteiger partial charge in [-0.3, -0.25) is 0 Å². The highest BCUT2D eigenvalue weighted by molar-refractivity contribution is 5.75. The average Bonchev–Trinajstić information content (AvgIpc) is 2.39. The van der Waals surface area contributed by atoms with E-state index in [1.54, 1.807) is 12.1 Å². The predicted molar refractivity (Wildman–Crippen MR) is 66.0 cm³/mol. The normalized spacial score (nSPS) is 9.35. The van der Waals surface area contributed by atoms with E-state index in [0.717, 1.165) is 16.7 Å². The topological polar surface area (TPSA) is 47.6 Å². The summed E-state index contributed by atoms with van der Waals surface area (Å²) in [5, 5.41) is 18.2. The van der Waals surface area contributed by atoms with Crippen LogP contribution in [0.25, 0.3) is 11.1 Å². The third-order valence-corrected chi connectivity index (χ3v) is 2.77. The molecule has 17 heavy (non-hydrogen) atoms. The van der Waals surface area contributed by atoms with Gasteiger partial charge < -0.3 is 0 Å². The number of nitriles is 2. The van der Waals surface area contributed by atoms with Gasteiger partial charge in [0.05, 0.1) is 23.3 Å². The Morgan fingerprint density at radius 1 is 0.824 bits per heavy atom. The van der Waals surface area contributed by atoms with Crippen molar-refractivity contribution in [3.8, 4) is 23.3 Å². The first kappa shape index (κ1) is 10.9. The Morgan fingerprint density at radius 2 is 1.41 bits per heavy atom. The summed E-state index contributed by atoms with van der Waals surface area (Å²) in [6.07, 6.45) is 0. The van der Waals surface area contributed by atoms with Crippen LogP contribution in [0.5, 0.6) is 0 Å². The van der Waals surface area contributed by atoms with Crippen molar-refractivity contribution in [2.45, 2.75) is 6.92 Å². The Morgan fingerprint density at radius 3 is 2.00 bits per heavy atom. The van der Waals surface area contributed by atoms with Gasteiger partial charge in [0.1, 0.15) is 0 Å². The van der Waals surface area contributed by atoms with Crippen LogP contribution < -0.4 is 0 Å². The fourth-order valence-electron chi connectivity index (χ4n) is 1.90. The summed E-state index contributed by atoms with van der Waals surface area (Å²) in [6, 6.07) is 17.4. The maximum Gasteiger partial charge on any atom is 0.0998 e. The van der Waals surface area contributed by atoms with Crippen molar-refractivity contribution in [2.24, 2.45) is 0 Å². The second kappa shape index (κ2) is 4.51. The van der Waals surface area contributed by atoms with E-state index in [1.165, 1.54) is 0 Å².